The lowest BCUT2D eigenvalue weighted by Gasteiger charge is -2.06. The van der Waals surface area contributed by atoms with Crippen LogP contribution >= 0.6 is 0 Å². The van der Waals surface area contributed by atoms with Crippen molar-refractivity contribution in [1.82, 2.24) is 0 Å². The van der Waals surface area contributed by atoms with Crippen LogP contribution < -0.4 is 0 Å². The maximum Gasteiger partial charge on any atom is 0.311 e. The number of methoxy groups -OCH3 is 1. The van der Waals surface area contributed by atoms with Gasteiger partial charge in [0.15, 0.2) is 0 Å². The smallest absolute Gasteiger partial charge is 0.311 e. The maximum absolute atomic E-state index is 11.1. The summed E-state index contributed by atoms with van der Waals surface area (Å²) in [6, 6.07) is 7.90. The zero-order valence-corrected chi connectivity index (χ0v) is 10.3. The van der Waals surface area contributed by atoms with E-state index in [0.29, 0.717) is 0 Å². The van der Waals surface area contributed by atoms with Crippen LogP contribution in [0.4, 0.5) is 0 Å². The van der Waals surface area contributed by atoms with E-state index in [1.54, 1.807) is 13.1 Å². The summed E-state index contributed by atoms with van der Waals surface area (Å²) >= 11 is 0. The van der Waals surface area contributed by atoms with Gasteiger partial charge in [0.2, 0.25) is 0 Å². The second kappa shape index (κ2) is 6.68. The lowest BCUT2D eigenvalue weighted by Crippen LogP contribution is -2.17. The summed E-state index contributed by atoms with van der Waals surface area (Å²) in [5.41, 5.74) is 2.16. The Morgan fingerprint density at radius 3 is 2.65 bits per heavy atom. The number of rotatable bonds is 5. The number of esters is 1. The third-order valence-electron chi connectivity index (χ3n) is 2.28. The lowest BCUT2D eigenvalue weighted by molar-refractivity contribution is -0.146. The Hall–Kier alpha value is -1.84. The van der Waals surface area contributed by atoms with Crippen LogP contribution in [0, 0.1) is 12.8 Å². The SMILES string of the molecule is COC(=O)[C@H](C)CO/N=C/c1ccc(C)cc1. The van der Waals surface area contributed by atoms with E-state index in [4.69, 9.17) is 4.84 Å². The summed E-state index contributed by atoms with van der Waals surface area (Å²) in [6.07, 6.45) is 1.61. The Balaban J connectivity index is 2.36. The van der Waals surface area contributed by atoms with Crippen molar-refractivity contribution in [2.24, 2.45) is 11.1 Å². The van der Waals surface area contributed by atoms with E-state index in [-0.39, 0.29) is 18.5 Å². The number of aryl methyl sites for hydroxylation is 1. The van der Waals surface area contributed by atoms with Crippen molar-refractivity contribution in [3.63, 3.8) is 0 Å². The Kier molecular flexibility index (Phi) is 5.20. The highest BCUT2D eigenvalue weighted by Crippen LogP contribution is 2.01. The summed E-state index contributed by atoms with van der Waals surface area (Å²) in [5.74, 6) is -0.606. The van der Waals surface area contributed by atoms with E-state index < -0.39 is 0 Å². The van der Waals surface area contributed by atoms with E-state index in [2.05, 4.69) is 9.89 Å². The van der Waals surface area contributed by atoms with E-state index >= 15 is 0 Å². The minimum Gasteiger partial charge on any atom is -0.469 e. The van der Waals surface area contributed by atoms with Gasteiger partial charge in [-0.2, -0.15) is 0 Å². The molecule has 0 aromatic heterocycles. The van der Waals surface area contributed by atoms with Crippen molar-refractivity contribution >= 4 is 12.2 Å². The molecule has 0 N–H and O–H groups in total. The van der Waals surface area contributed by atoms with Crippen LogP contribution in [0.25, 0.3) is 0 Å². The molecular formula is C13H17NO3. The van der Waals surface area contributed by atoms with Gasteiger partial charge in [-0.25, -0.2) is 0 Å². The molecule has 92 valence electrons. The molecule has 0 saturated carbocycles. The van der Waals surface area contributed by atoms with Gasteiger partial charge in [-0.3, -0.25) is 4.79 Å². The second-order valence-corrected chi connectivity index (χ2v) is 3.87. The Morgan fingerprint density at radius 2 is 2.06 bits per heavy atom. The minimum absolute atomic E-state index is 0.217. The molecular weight excluding hydrogens is 218 g/mol. The number of carbonyl (C=O) groups excluding carboxylic acids is 1. The van der Waals surface area contributed by atoms with Crippen LogP contribution in [0.5, 0.6) is 0 Å². The molecule has 0 aliphatic rings. The highest BCUT2D eigenvalue weighted by atomic mass is 16.6. The monoisotopic (exact) mass is 235 g/mol. The molecule has 1 atom stereocenters. The molecule has 0 bridgehead atoms. The largest absolute Gasteiger partial charge is 0.469 e. The van der Waals surface area contributed by atoms with Gasteiger partial charge in [0.25, 0.3) is 0 Å². The second-order valence-electron chi connectivity index (χ2n) is 3.87. The molecule has 0 unspecified atom stereocenters. The van der Waals surface area contributed by atoms with Crippen molar-refractivity contribution < 1.29 is 14.4 Å². The van der Waals surface area contributed by atoms with Gasteiger partial charge in [0.1, 0.15) is 6.61 Å². The van der Waals surface area contributed by atoms with Crippen LogP contribution in [0.1, 0.15) is 18.1 Å². The molecule has 4 heteroatoms. The van der Waals surface area contributed by atoms with Crippen LogP contribution in [0.3, 0.4) is 0 Å². The van der Waals surface area contributed by atoms with Gasteiger partial charge in [-0.05, 0) is 19.4 Å². The molecule has 1 aromatic carbocycles. The molecule has 0 aliphatic carbocycles. The first-order chi connectivity index (χ1) is 8.13. The molecule has 0 fully saturated rings. The van der Waals surface area contributed by atoms with Gasteiger partial charge in [-0.1, -0.05) is 35.0 Å². The predicted molar refractivity (Wildman–Crippen MR) is 65.9 cm³/mol. The van der Waals surface area contributed by atoms with Crippen molar-refractivity contribution in [3.8, 4) is 0 Å². The Bertz CT molecular complexity index is 384. The molecule has 17 heavy (non-hydrogen) atoms. The zero-order chi connectivity index (χ0) is 12.7. The molecule has 0 saturated heterocycles. The topological polar surface area (TPSA) is 47.9 Å². The molecule has 0 amide bonds. The Morgan fingerprint density at radius 1 is 1.41 bits per heavy atom. The molecule has 0 radical (unpaired) electrons. The maximum atomic E-state index is 11.1. The fourth-order valence-corrected chi connectivity index (χ4v) is 1.17. The van der Waals surface area contributed by atoms with Crippen LogP contribution in [-0.2, 0) is 14.4 Å². The average molecular weight is 235 g/mol. The standard InChI is InChI=1S/C13H17NO3/c1-10-4-6-12(7-5-10)8-14-17-9-11(2)13(15)16-3/h4-8,11H,9H2,1-3H3/b14-8+/t11-/m1/s1. The number of hydrogen-bond donors (Lipinski definition) is 0. The first-order valence-electron chi connectivity index (χ1n) is 5.43. The number of hydrogen-bond acceptors (Lipinski definition) is 4. The zero-order valence-electron chi connectivity index (χ0n) is 10.3. The average Bonchev–Trinajstić information content (AvgIpc) is 2.35. The summed E-state index contributed by atoms with van der Waals surface area (Å²) in [6.45, 7) is 3.97. The van der Waals surface area contributed by atoms with Crippen molar-refractivity contribution in [2.75, 3.05) is 13.7 Å². The van der Waals surface area contributed by atoms with Crippen LogP contribution in [0.2, 0.25) is 0 Å². The third-order valence-corrected chi connectivity index (χ3v) is 2.28. The van der Waals surface area contributed by atoms with Crippen LogP contribution in [-0.4, -0.2) is 25.9 Å². The number of ether oxygens (including phenoxy) is 1. The first kappa shape index (κ1) is 13.2. The molecule has 1 rings (SSSR count). The fraction of sp³-hybridized carbons (Fsp3) is 0.385. The van der Waals surface area contributed by atoms with Gasteiger partial charge in [-0.15, -0.1) is 0 Å². The van der Waals surface area contributed by atoms with Crippen molar-refractivity contribution in [1.29, 1.82) is 0 Å². The molecule has 0 heterocycles. The van der Waals surface area contributed by atoms with E-state index in [9.17, 15) is 4.79 Å². The van der Waals surface area contributed by atoms with Crippen LogP contribution in [0.15, 0.2) is 29.4 Å². The number of benzene rings is 1. The fourth-order valence-electron chi connectivity index (χ4n) is 1.17. The van der Waals surface area contributed by atoms with Gasteiger partial charge in [0.05, 0.1) is 19.2 Å². The molecule has 1 aromatic rings. The minimum atomic E-state index is -0.310. The van der Waals surface area contributed by atoms with E-state index in [1.165, 1.54) is 12.7 Å². The highest BCUT2D eigenvalue weighted by Gasteiger charge is 2.12. The number of carbonyl (C=O) groups is 1. The normalized spacial score (nSPS) is 12.4. The molecule has 0 aliphatic heterocycles. The van der Waals surface area contributed by atoms with Gasteiger partial charge in [0, 0.05) is 0 Å². The van der Waals surface area contributed by atoms with E-state index in [0.717, 1.165) is 5.56 Å². The summed E-state index contributed by atoms with van der Waals surface area (Å²) in [4.78, 5) is 16.1. The lowest BCUT2D eigenvalue weighted by atomic mass is 10.2. The highest BCUT2D eigenvalue weighted by molar-refractivity contribution is 5.79. The summed E-state index contributed by atoms with van der Waals surface area (Å²) in [5, 5.41) is 3.80. The van der Waals surface area contributed by atoms with Gasteiger partial charge >= 0.3 is 5.97 Å². The quantitative estimate of drug-likeness (QED) is 0.446. The number of nitrogens with zero attached hydrogens (tertiary/aromatic N) is 1. The molecule has 4 nitrogen and oxygen atoms in total. The summed E-state index contributed by atoms with van der Waals surface area (Å²) < 4.78 is 4.57. The van der Waals surface area contributed by atoms with Gasteiger partial charge < -0.3 is 9.57 Å². The van der Waals surface area contributed by atoms with Crippen molar-refractivity contribution in [2.45, 2.75) is 13.8 Å². The molecule has 0 spiro atoms. The summed E-state index contributed by atoms with van der Waals surface area (Å²) in [7, 11) is 1.36. The predicted octanol–water partition coefficient (Wildman–Crippen LogP) is 2.15. The van der Waals surface area contributed by atoms with Crippen molar-refractivity contribution in [3.05, 3.63) is 35.4 Å². The first-order valence-corrected chi connectivity index (χ1v) is 5.43. The Labute approximate surface area is 101 Å². The number of oxime groups is 1. The van der Waals surface area contributed by atoms with E-state index in [1.807, 2.05) is 31.2 Å². The third kappa shape index (κ3) is 4.68.